The summed E-state index contributed by atoms with van der Waals surface area (Å²) in [6.45, 7) is 8.49. The van der Waals surface area contributed by atoms with Crippen molar-refractivity contribution in [2.24, 2.45) is 0 Å². The number of hydrogen-bond acceptors (Lipinski definition) is 6. The summed E-state index contributed by atoms with van der Waals surface area (Å²) in [7, 11) is -3.32. The number of hydrogen-bond donors (Lipinski definition) is 0. The number of benzene rings is 2. The molecule has 2 heterocycles. The number of nitrogens with zero attached hydrogens (tertiary/aromatic N) is 4. The van der Waals surface area contributed by atoms with Crippen LogP contribution in [0.4, 0.5) is 5.69 Å². The minimum Gasteiger partial charge on any atom is -0.375 e. The smallest absolute Gasteiger partial charge is 0.243 e. The number of carbonyl (C=O) groups excluding carboxylic acids is 1. The molecule has 1 amide bonds. The standard InChI is InChI=1S/C31H46N4O5S2/c1-5-33(6-2)19-12-22-42(38,39)32(3)29(24-40-23-26-13-8-7-9-14-26)30(36)34-20-17-31(18-21-34)25-35(41(4)37)28-16-11-10-15-27(28)31/h7-11,13-16,29H,5-6,12,17-25H2,1-4H3/t29-,41?/m1/s1. The van der Waals surface area contributed by atoms with E-state index in [0.717, 1.165) is 37.2 Å². The van der Waals surface area contributed by atoms with Crippen molar-refractivity contribution in [3.8, 4) is 0 Å². The van der Waals surface area contributed by atoms with Gasteiger partial charge < -0.3 is 14.5 Å². The predicted molar refractivity (Wildman–Crippen MR) is 169 cm³/mol. The highest BCUT2D eigenvalue weighted by Crippen LogP contribution is 2.47. The molecule has 1 unspecified atom stereocenters. The molecule has 1 saturated heterocycles. The van der Waals surface area contributed by atoms with Crippen molar-refractivity contribution in [1.29, 1.82) is 0 Å². The summed E-state index contributed by atoms with van der Waals surface area (Å²) in [6.07, 6.45) is 3.65. The molecule has 2 aromatic rings. The zero-order valence-electron chi connectivity index (χ0n) is 25.4. The lowest BCUT2D eigenvalue weighted by Crippen LogP contribution is -2.55. The Morgan fingerprint density at radius 1 is 1.05 bits per heavy atom. The van der Waals surface area contributed by atoms with Crippen molar-refractivity contribution in [2.45, 2.75) is 51.2 Å². The first kappa shape index (κ1) is 32.6. The van der Waals surface area contributed by atoms with Gasteiger partial charge in [0.05, 0.1) is 24.7 Å². The molecule has 2 atom stereocenters. The van der Waals surface area contributed by atoms with Crippen molar-refractivity contribution in [1.82, 2.24) is 14.1 Å². The average molecular weight is 619 g/mol. The van der Waals surface area contributed by atoms with Crippen LogP contribution in [-0.2, 0) is 42.6 Å². The number of likely N-dealkylation sites (N-methyl/N-ethyl adjacent to an activating group) is 1. The van der Waals surface area contributed by atoms with Crippen LogP contribution in [-0.4, -0.2) is 104 Å². The summed E-state index contributed by atoms with van der Waals surface area (Å²) in [5.41, 5.74) is 2.97. The van der Waals surface area contributed by atoms with Gasteiger partial charge in [-0.05, 0) is 56.1 Å². The van der Waals surface area contributed by atoms with Crippen LogP contribution in [0.25, 0.3) is 0 Å². The Morgan fingerprint density at radius 2 is 1.69 bits per heavy atom. The number of sulfonamides is 1. The number of amides is 1. The Labute approximate surface area is 254 Å². The van der Waals surface area contributed by atoms with Crippen molar-refractivity contribution >= 4 is 32.6 Å². The topological polar surface area (TPSA) is 90.5 Å². The minimum absolute atomic E-state index is 0.0213. The summed E-state index contributed by atoms with van der Waals surface area (Å²) < 4.78 is 48.5. The van der Waals surface area contributed by atoms with Crippen LogP contribution >= 0.6 is 0 Å². The molecule has 2 aliphatic rings. The highest BCUT2D eigenvalue weighted by atomic mass is 32.2. The van der Waals surface area contributed by atoms with Crippen molar-refractivity contribution in [3.63, 3.8) is 0 Å². The fraction of sp³-hybridized carbons (Fsp3) is 0.581. The summed E-state index contributed by atoms with van der Waals surface area (Å²) in [5, 5.41) is 0. The van der Waals surface area contributed by atoms with E-state index in [2.05, 4.69) is 24.8 Å². The first-order valence-corrected chi connectivity index (χ1v) is 18.0. The number of anilines is 1. The zero-order valence-corrected chi connectivity index (χ0v) is 27.0. The number of likely N-dealkylation sites (tertiary alicyclic amines) is 1. The molecule has 0 saturated carbocycles. The van der Waals surface area contributed by atoms with Gasteiger partial charge in [-0.15, -0.1) is 0 Å². The van der Waals surface area contributed by atoms with Crippen LogP contribution in [0.2, 0.25) is 0 Å². The molecule has 2 aromatic carbocycles. The van der Waals surface area contributed by atoms with Crippen LogP contribution in [0.1, 0.15) is 44.2 Å². The molecule has 1 fully saturated rings. The van der Waals surface area contributed by atoms with Gasteiger partial charge in [-0.1, -0.05) is 62.4 Å². The summed E-state index contributed by atoms with van der Waals surface area (Å²) in [5.74, 6) is -0.248. The Balaban J connectivity index is 1.47. The molecule has 42 heavy (non-hydrogen) atoms. The highest BCUT2D eigenvalue weighted by Gasteiger charge is 2.47. The lowest BCUT2D eigenvalue weighted by atomic mass is 9.74. The molecular formula is C31H46N4O5S2. The third-order valence-electron chi connectivity index (χ3n) is 8.85. The number of piperidine rings is 1. The first-order valence-electron chi connectivity index (χ1n) is 14.9. The van der Waals surface area contributed by atoms with Crippen LogP contribution in [0.15, 0.2) is 54.6 Å². The van der Waals surface area contributed by atoms with E-state index in [0.29, 0.717) is 39.2 Å². The normalized spacial score (nSPS) is 18.0. The Kier molecular flexibility index (Phi) is 11.2. The molecule has 232 valence electrons. The predicted octanol–water partition coefficient (Wildman–Crippen LogP) is 3.24. The number of carbonyl (C=O) groups is 1. The van der Waals surface area contributed by atoms with E-state index >= 15 is 0 Å². The molecule has 4 rings (SSSR count). The van der Waals surface area contributed by atoms with Crippen molar-refractivity contribution < 1.29 is 22.2 Å². The van der Waals surface area contributed by atoms with E-state index < -0.39 is 27.1 Å². The van der Waals surface area contributed by atoms with E-state index in [1.165, 1.54) is 16.9 Å². The fourth-order valence-electron chi connectivity index (χ4n) is 6.15. The number of ether oxygens (including phenoxy) is 1. The SMILES string of the molecule is CCN(CC)CCCS(=O)(=O)N(C)[C@H](COCc1ccccc1)C(=O)N1CCC2(CC1)CN(S(C)=O)c1ccccc12. The molecule has 0 aromatic heterocycles. The van der Waals surface area contributed by atoms with Gasteiger partial charge in [0, 0.05) is 38.4 Å². The molecule has 0 N–H and O–H groups in total. The molecule has 0 aliphatic carbocycles. The second-order valence-corrected chi connectivity index (χ2v) is 14.7. The molecule has 9 nitrogen and oxygen atoms in total. The van der Waals surface area contributed by atoms with E-state index in [1.807, 2.05) is 52.8 Å². The van der Waals surface area contributed by atoms with Crippen LogP contribution in [0.3, 0.4) is 0 Å². The minimum atomic E-state index is -3.69. The molecule has 0 bridgehead atoms. The number of para-hydroxylation sites is 1. The Bertz CT molecular complexity index is 1310. The second-order valence-electron chi connectivity index (χ2n) is 11.3. The molecule has 2 aliphatic heterocycles. The lowest BCUT2D eigenvalue weighted by molar-refractivity contribution is -0.138. The van der Waals surface area contributed by atoms with Gasteiger partial charge >= 0.3 is 0 Å². The monoisotopic (exact) mass is 618 g/mol. The molecular weight excluding hydrogens is 572 g/mol. The summed E-state index contributed by atoms with van der Waals surface area (Å²) in [6, 6.07) is 16.8. The van der Waals surface area contributed by atoms with Crippen molar-refractivity contribution in [3.05, 3.63) is 65.7 Å². The maximum absolute atomic E-state index is 14.0. The average Bonchev–Trinajstić information content (AvgIpc) is 3.32. The maximum atomic E-state index is 14.0. The van der Waals surface area contributed by atoms with Crippen molar-refractivity contribution in [2.75, 3.05) is 69.2 Å². The summed E-state index contributed by atoms with van der Waals surface area (Å²) in [4.78, 5) is 18.0. The van der Waals surface area contributed by atoms with E-state index in [-0.39, 0.29) is 23.7 Å². The quantitative estimate of drug-likeness (QED) is 0.323. The Hall–Kier alpha value is -2.31. The lowest BCUT2D eigenvalue weighted by Gasteiger charge is -2.41. The van der Waals surface area contributed by atoms with Gasteiger partial charge in [-0.2, -0.15) is 4.31 Å². The van der Waals surface area contributed by atoms with Gasteiger partial charge in [0.15, 0.2) is 0 Å². The largest absolute Gasteiger partial charge is 0.375 e. The van der Waals surface area contributed by atoms with Gasteiger partial charge in [-0.25, -0.2) is 12.6 Å². The van der Waals surface area contributed by atoms with E-state index in [9.17, 15) is 17.4 Å². The third-order valence-corrected chi connectivity index (χ3v) is 11.7. The second kappa shape index (κ2) is 14.4. The first-order chi connectivity index (χ1) is 20.1. The van der Waals surface area contributed by atoms with E-state index in [1.54, 1.807) is 11.2 Å². The molecule has 11 heteroatoms. The fourth-order valence-corrected chi connectivity index (χ4v) is 8.34. The van der Waals surface area contributed by atoms with Gasteiger partial charge in [-0.3, -0.25) is 9.10 Å². The molecule has 0 radical (unpaired) electrons. The number of rotatable bonds is 14. The van der Waals surface area contributed by atoms with Gasteiger partial charge in [0.2, 0.25) is 15.9 Å². The highest BCUT2D eigenvalue weighted by molar-refractivity contribution is 7.89. The third kappa shape index (κ3) is 7.42. The zero-order chi connectivity index (χ0) is 30.3. The van der Waals surface area contributed by atoms with Crippen LogP contribution < -0.4 is 4.31 Å². The number of fused-ring (bicyclic) bond motifs is 2. The summed E-state index contributed by atoms with van der Waals surface area (Å²) >= 11 is 0. The van der Waals surface area contributed by atoms with Gasteiger partial charge in [0.1, 0.15) is 17.0 Å². The Morgan fingerprint density at radius 3 is 2.33 bits per heavy atom. The van der Waals surface area contributed by atoms with Gasteiger partial charge in [0.25, 0.3) is 0 Å². The van der Waals surface area contributed by atoms with Crippen LogP contribution in [0.5, 0.6) is 0 Å². The maximum Gasteiger partial charge on any atom is 0.243 e. The van der Waals surface area contributed by atoms with E-state index in [4.69, 9.17) is 4.74 Å². The molecule has 1 spiro atoms. The van der Waals surface area contributed by atoms with Crippen LogP contribution in [0, 0.1) is 0 Å².